The molecular formula is C28H24N2S5. The number of hydrogen-bond acceptors (Lipinski definition) is 7. The van der Waals surface area contributed by atoms with Crippen LogP contribution in [0.2, 0.25) is 0 Å². The normalized spacial score (nSPS) is 12.4. The maximum atomic E-state index is 9.52. The number of nitriles is 1. The van der Waals surface area contributed by atoms with Crippen LogP contribution in [0.4, 0.5) is 0 Å². The molecule has 35 heavy (non-hydrogen) atoms. The van der Waals surface area contributed by atoms with Crippen molar-refractivity contribution in [2.45, 2.75) is 13.8 Å². The Balaban J connectivity index is 1.78. The smallest absolute Gasteiger partial charge is 0.100 e. The first-order chi connectivity index (χ1) is 17.0. The first-order valence-electron chi connectivity index (χ1n) is 10.6. The molecule has 2 nitrogen and oxygen atoms in total. The zero-order valence-corrected chi connectivity index (χ0v) is 23.5. The summed E-state index contributed by atoms with van der Waals surface area (Å²) in [5.41, 5.74) is 1.40. The summed E-state index contributed by atoms with van der Waals surface area (Å²) in [6, 6.07) is 14.9. The van der Waals surface area contributed by atoms with Crippen molar-refractivity contribution in [3.8, 4) is 25.6 Å². The van der Waals surface area contributed by atoms with Gasteiger partial charge >= 0.3 is 0 Å². The van der Waals surface area contributed by atoms with Gasteiger partial charge in [-0.1, -0.05) is 48.8 Å². The summed E-state index contributed by atoms with van der Waals surface area (Å²) in [6.07, 6.45) is 9.18. The number of rotatable bonds is 11. The summed E-state index contributed by atoms with van der Waals surface area (Å²) in [7, 11) is 0. The van der Waals surface area contributed by atoms with E-state index < -0.39 is 0 Å². The Morgan fingerprint density at radius 1 is 0.800 bits per heavy atom. The molecule has 7 heteroatoms. The number of thioether (sulfide) groups is 2. The topological polar surface area (TPSA) is 47.6 Å². The highest BCUT2D eigenvalue weighted by Crippen LogP contribution is 2.41. The number of nitrogens with one attached hydrogen (secondary N) is 1. The lowest BCUT2D eigenvalue weighted by Crippen LogP contribution is -1.83. The molecule has 3 heterocycles. The molecular weight excluding hydrogens is 525 g/mol. The molecule has 0 aliphatic rings. The third kappa shape index (κ3) is 7.44. The average Bonchev–Trinajstić information content (AvgIpc) is 3.63. The van der Waals surface area contributed by atoms with E-state index in [1.807, 2.05) is 49.0 Å². The highest BCUT2D eigenvalue weighted by Gasteiger charge is 2.11. The van der Waals surface area contributed by atoms with Gasteiger partial charge in [0.1, 0.15) is 6.07 Å². The summed E-state index contributed by atoms with van der Waals surface area (Å²) >= 11 is 8.13. The molecule has 0 spiro atoms. The Kier molecular flexibility index (Phi) is 10.4. The molecule has 3 aromatic heterocycles. The van der Waals surface area contributed by atoms with Crippen molar-refractivity contribution in [3.05, 3.63) is 103 Å². The van der Waals surface area contributed by atoms with Gasteiger partial charge in [-0.2, -0.15) is 5.26 Å². The van der Waals surface area contributed by atoms with Crippen LogP contribution in [0.15, 0.2) is 93.5 Å². The maximum absolute atomic E-state index is 9.52. The van der Waals surface area contributed by atoms with E-state index in [-0.39, 0.29) is 0 Å². The van der Waals surface area contributed by atoms with Gasteiger partial charge in [0.05, 0.1) is 5.57 Å². The van der Waals surface area contributed by atoms with E-state index in [2.05, 4.69) is 55.6 Å². The Bertz CT molecular complexity index is 1380. The zero-order valence-electron chi connectivity index (χ0n) is 19.4. The number of hydrogen-bond donors (Lipinski definition) is 1. The van der Waals surface area contributed by atoms with Gasteiger partial charge in [0.2, 0.25) is 0 Å². The van der Waals surface area contributed by atoms with Crippen LogP contribution in [-0.2, 0) is 0 Å². The van der Waals surface area contributed by atoms with Gasteiger partial charge < -0.3 is 5.41 Å². The maximum Gasteiger partial charge on any atom is 0.100 e. The molecule has 3 rings (SSSR count). The average molecular weight is 549 g/mol. The van der Waals surface area contributed by atoms with Crippen LogP contribution in [0, 0.1) is 16.7 Å². The SMILES string of the molecule is C=C(S/C=C\C)/C(C#N)=C/c1ccc(-c2ccc(-c3ccc(/C=C(\C=N)C(=C)S/C=C\C)s3)s2)s1. The lowest BCUT2D eigenvalue weighted by atomic mass is 10.2. The van der Waals surface area contributed by atoms with Gasteiger partial charge in [0.15, 0.2) is 0 Å². The van der Waals surface area contributed by atoms with Crippen molar-refractivity contribution in [3.63, 3.8) is 0 Å². The molecule has 0 aliphatic carbocycles. The Hall–Kier alpha value is -2.60. The van der Waals surface area contributed by atoms with Crippen LogP contribution in [-0.4, -0.2) is 6.21 Å². The first-order valence-corrected chi connectivity index (χ1v) is 14.8. The lowest BCUT2D eigenvalue weighted by molar-refractivity contribution is 1.50. The summed E-state index contributed by atoms with van der Waals surface area (Å²) in [6.45, 7) is 12.0. The van der Waals surface area contributed by atoms with Crippen molar-refractivity contribution < 1.29 is 0 Å². The van der Waals surface area contributed by atoms with Crippen molar-refractivity contribution in [1.82, 2.24) is 0 Å². The van der Waals surface area contributed by atoms with E-state index in [0.29, 0.717) is 5.57 Å². The molecule has 0 radical (unpaired) electrons. The highest BCUT2D eigenvalue weighted by molar-refractivity contribution is 8.06. The number of nitrogens with zero attached hydrogens (tertiary/aromatic N) is 1. The quantitative estimate of drug-likeness (QED) is 0.147. The van der Waals surface area contributed by atoms with E-state index in [0.717, 1.165) is 25.1 Å². The molecule has 0 bridgehead atoms. The van der Waals surface area contributed by atoms with Crippen LogP contribution in [0.25, 0.3) is 31.7 Å². The summed E-state index contributed by atoms with van der Waals surface area (Å²) in [4.78, 5) is 8.52. The van der Waals surface area contributed by atoms with E-state index in [1.54, 1.807) is 34.0 Å². The van der Waals surface area contributed by atoms with E-state index >= 15 is 0 Å². The van der Waals surface area contributed by atoms with Crippen molar-refractivity contribution in [2.24, 2.45) is 0 Å². The molecule has 0 aromatic carbocycles. The van der Waals surface area contributed by atoms with Crippen LogP contribution < -0.4 is 0 Å². The van der Waals surface area contributed by atoms with Gasteiger partial charge in [0.25, 0.3) is 0 Å². The third-order valence-corrected chi connectivity index (χ3v) is 9.90. The number of allylic oxidation sites excluding steroid dienone is 4. The van der Waals surface area contributed by atoms with Gasteiger partial charge in [-0.05, 0) is 73.2 Å². The zero-order chi connectivity index (χ0) is 25.2. The van der Waals surface area contributed by atoms with Crippen molar-refractivity contribution >= 4 is 75.9 Å². The minimum absolute atomic E-state index is 0.587. The first kappa shape index (κ1) is 27.0. The second-order valence-electron chi connectivity index (χ2n) is 7.00. The molecule has 3 aromatic rings. The fourth-order valence-corrected chi connectivity index (χ4v) is 7.02. The summed E-state index contributed by atoms with van der Waals surface area (Å²) < 4.78 is 0. The predicted molar refractivity (Wildman–Crippen MR) is 164 cm³/mol. The minimum atomic E-state index is 0.587. The molecule has 1 N–H and O–H groups in total. The Morgan fingerprint density at radius 2 is 1.29 bits per heavy atom. The molecule has 0 aliphatic heterocycles. The molecule has 0 amide bonds. The fraction of sp³-hybridized carbons (Fsp3) is 0.0714. The summed E-state index contributed by atoms with van der Waals surface area (Å²) in [5.74, 6) is 0. The monoisotopic (exact) mass is 548 g/mol. The number of thiophene rings is 3. The van der Waals surface area contributed by atoms with E-state index in [1.165, 1.54) is 49.2 Å². The van der Waals surface area contributed by atoms with Gasteiger partial charge in [-0.3, -0.25) is 0 Å². The summed E-state index contributed by atoms with van der Waals surface area (Å²) in [5, 5.41) is 21.2. The van der Waals surface area contributed by atoms with Crippen LogP contribution >= 0.6 is 57.5 Å². The molecule has 0 unspecified atom stereocenters. The molecule has 0 saturated carbocycles. The molecule has 176 valence electrons. The van der Waals surface area contributed by atoms with Crippen molar-refractivity contribution in [2.75, 3.05) is 0 Å². The van der Waals surface area contributed by atoms with Crippen LogP contribution in [0.5, 0.6) is 0 Å². The van der Waals surface area contributed by atoms with E-state index in [9.17, 15) is 5.26 Å². The van der Waals surface area contributed by atoms with Gasteiger partial charge in [-0.15, -0.1) is 34.0 Å². The minimum Gasteiger partial charge on any atom is -0.308 e. The largest absolute Gasteiger partial charge is 0.308 e. The Morgan fingerprint density at radius 3 is 1.80 bits per heavy atom. The van der Waals surface area contributed by atoms with Crippen LogP contribution in [0.3, 0.4) is 0 Å². The standard InChI is InChI=1S/C28H24N2S5/c1-5-13-31-19(3)21(17-29)15-23-7-9-25(33-23)27-11-12-28(35-27)26-10-8-24(34-26)16-22(18-30)20(4)32-14-6-2/h5-17,29H,3-4H2,1-2H3/b13-5-,14-6-,21-15+,22-16+,29-17?. The second-order valence-corrected chi connectivity index (χ2v) is 12.3. The van der Waals surface area contributed by atoms with Gasteiger partial charge in [0, 0.05) is 50.9 Å². The van der Waals surface area contributed by atoms with Crippen LogP contribution in [0.1, 0.15) is 23.6 Å². The van der Waals surface area contributed by atoms with E-state index in [4.69, 9.17) is 5.41 Å². The second kappa shape index (κ2) is 13.5. The fourth-order valence-electron chi connectivity index (χ4n) is 2.83. The molecule has 0 saturated heterocycles. The molecule has 0 fully saturated rings. The molecule has 0 atom stereocenters. The third-order valence-electron chi connectivity index (χ3n) is 4.52. The van der Waals surface area contributed by atoms with Gasteiger partial charge in [-0.25, -0.2) is 0 Å². The Labute approximate surface area is 227 Å². The van der Waals surface area contributed by atoms with Crippen molar-refractivity contribution in [1.29, 1.82) is 10.7 Å². The predicted octanol–water partition coefficient (Wildman–Crippen LogP) is 10.7. The highest BCUT2D eigenvalue weighted by atomic mass is 32.2. The lowest BCUT2D eigenvalue weighted by Gasteiger charge is -2.01.